The Morgan fingerprint density at radius 3 is 2.63 bits per heavy atom. The molecular weight excluding hydrogens is 446 g/mol. The molecule has 1 aliphatic heterocycles. The van der Waals surface area contributed by atoms with Crippen molar-refractivity contribution in [3.8, 4) is 28.5 Å². The molecule has 0 aliphatic carbocycles. The summed E-state index contributed by atoms with van der Waals surface area (Å²) >= 11 is 0. The molecule has 3 aromatic rings. The highest BCUT2D eigenvalue weighted by molar-refractivity contribution is 6.00. The second-order valence-corrected chi connectivity index (χ2v) is 8.93. The van der Waals surface area contributed by atoms with E-state index in [2.05, 4.69) is 17.1 Å². The highest BCUT2D eigenvalue weighted by Crippen LogP contribution is 2.46. The third kappa shape index (κ3) is 4.58. The Labute approximate surface area is 205 Å². The van der Waals surface area contributed by atoms with Crippen molar-refractivity contribution in [2.24, 2.45) is 0 Å². The zero-order chi connectivity index (χ0) is 25.1. The monoisotopic (exact) mass is 479 g/mol. The molecule has 1 atom stereocenters. The number of phenols is 1. The maximum Gasteiger partial charge on any atom is 0.273 e. The molecule has 1 aliphatic rings. The van der Waals surface area contributed by atoms with E-state index in [0.717, 1.165) is 36.0 Å². The van der Waals surface area contributed by atoms with E-state index in [1.54, 1.807) is 18.1 Å². The molecular formula is C27H33N3O5. The number of hydrogen-bond donors (Lipinski definition) is 3. The topological polar surface area (TPSA) is 108 Å². The molecule has 8 nitrogen and oxygen atoms in total. The number of H-pyrrole nitrogens is 1. The van der Waals surface area contributed by atoms with Gasteiger partial charge in [0.05, 0.1) is 26.4 Å². The molecule has 4 rings (SSSR count). The van der Waals surface area contributed by atoms with Crippen molar-refractivity contribution in [2.45, 2.75) is 46.1 Å². The molecule has 3 N–H and O–H groups in total. The molecule has 2 aromatic carbocycles. The lowest BCUT2D eigenvalue weighted by atomic mass is 9.93. The molecule has 0 saturated heterocycles. The Morgan fingerprint density at radius 1 is 1.14 bits per heavy atom. The van der Waals surface area contributed by atoms with E-state index in [0.29, 0.717) is 40.6 Å². The van der Waals surface area contributed by atoms with E-state index < -0.39 is 6.04 Å². The fraction of sp³-hybridized carbons (Fsp3) is 0.407. The summed E-state index contributed by atoms with van der Waals surface area (Å²) in [6, 6.07) is 8.78. The van der Waals surface area contributed by atoms with Crippen LogP contribution in [-0.2, 0) is 0 Å². The molecule has 0 fully saturated rings. The van der Waals surface area contributed by atoms with E-state index in [1.807, 2.05) is 38.1 Å². The van der Waals surface area contributed by atoms with Crippen molar-refractivity contribution in [1.29, 1.82) is 0 Å². The number of unbranched alkanes of at least 4 members (excludes halogenated alkanes) is 2. The van der Waals surface area contributed by atoms with Crippen LogP contribution in [0.1, 0.15) is 65.0 Å². The van der Waals surface area contributed by atoms with Gasteiger partial charge in [0.25, 0.3) is 5.91 Å². The SMILES string of the molecule is CCCCCOc1ccc(C2c3c(-c4c(C)cc(C)cc4O)n[nH]c3C(=O)N2CCO)cc1OC. The number of aromatic nitrogens is 2. The lowest BCUT2D eigenvalue weighted by Crippen LogP contribution is -2.32. The Balaban J connectivity index is 1.80. The number of hydrogen-bond acceptors (Lipinski definition) is 6. The fourth-order valence-electron chi connectivity index (χ4n) is 4.83. The quantitative estimate of drug-likeness (QED) is 0.369. The molecule has 1 unspecified atom stereocenters. The summed E-state index contributed by atoms with van der Waals surface area (Å²) in [5, 5.41) is 27.8. The minimum absolute atomic E-state index is 0.108. The molecule has 0 saturated carbocycles. The number of aliphatic hydroxyl groups is 1. The summed E-state index contributed by atoms with van der Waals surface area (Å²) in [4.78, 5) is 14.9. The van der Waals surface area contributed by atoms with Crippen molar-refractivity contribution < 1.29 is 24.5 Å². The molecule has 2 heterocycles. The van der Waals surface area contributed by atoms with Crippen LogP contribution in [0, 0.1) is 13.8 Å². The van der Waals surface area contributed by atoms with Crippen molar-refractivity contribution in [2.75, 3.05) is 26.9 Å². The summed E-state index contributed by atoms with van der Waals surface area (Å²) in [6.45, 7) is 6.55. The van der Waals surface area contributed by atoms with Gasteiger partial charge < -0.3 is 24.6 Å². The number of carbonyl (C=O) groups is 1. The molecule has 0 bridgehead atoms. The number of phenolic OH excluding ortho intramolecular Hbond substituents is 1. The lowest BCUT2D eigenvalue weighted by molar-refractivity contribution is 0.0706. The molecule has 35 heavy (non-hydrogen) atoms. The van der Waals surface area contributed by atoms with Gasteiger partial charge in [-0.25, -0.2) is 0 Å². The first-order valence-corrected chi connectivity index (χ1v) is 12.0. The number of fused-ring (bicyclic) bond motifs is 1. The number of aromatic hydroxyl groups is 1. The zero-order valence-electron chi connectivity index (χ0n) is 20.7. The summed E-state index contributed by atoms with van der Waals surface area (Å²) in [7, 11) is 1.59. The maximum absolute atomic E-state index is 13.3. The zero-order valence-corrected chi connectivity index (χ0v) is 20.7. The van der Waals surface area contributed by atoms with Crippen molar-refractivity contribution in [3.63, 3.8) is 0 Å². The Bertz CT molecular complexity index is 1200. The van der Waals surface area contributed by atoms with Crippen LogP contribution in [0.5, 0.6) is 17.2 Å². The van der Waals surface area contributed by atoms with E-state index in [1.165, 1.54) is 0 Å². The number of nitrogens with zero attached hydrogens (tertiary/aromatic N) is 2. The molecule has 0 spiro atoms. The van der Waals surface area contributed by atoms with Crippen LogP contribution in [0.15, 0.2) is 30.3 Å². The molecule has 1 aromatic heterocycles. The van der Waals surface area contributed by atoms with Gasteiger partial charge in [-0.15, -0.1) is 0 Å². The third-order valence-electron chi connectivity index (χ3n) is 6.41. The average Bonchev–Trinajstić information content (AvgIpc) is 3.36. The second-order valence-electron chi connectivity index (χ2n) is 8.93. The van der Waals surface area contributed by atoms with Gasteiger partial charge in [0.2, 0.25) is 0 Å². The van der Waals surface area contributed by atoms with Crippen LogP contribution in [0.2, 0.25) is 0 Å². The average molecular weight is 480 g/mol. The molecule has 8 heteroatoms. The lowest BCUT2D eigenvalue weighted by Gasteiger charge is -2.26. The summed E-state index contributed by atoms with van der Waals surface area (Å²) < 4.78 is 11.6. The number of benzene rings is 2. The minimum atomic E-state index is -0.512. The maximum atomic E-state index is 13.3. The predicted octanol–water partition coefficient (Wildman–Crippen LogP) is 4.51. The van der Waals surface area contributed by atoms with Gasteiger partial charge in [-0.1, -0.05) is 31.9 Å². The van der Waals surface area contributed by atoms with Crippen LogP contribution >= 0.6 is 0 Å². The number of aryl methyl sites for hydroxylation is 2. The van der Waals surface area contributed by atoms with E-state index >= 15 is 0 Å². The van der Waals surface area contributed by atoms with Crippen LogP contribution in [0.25, 0.3) is 11.3 Å². The number of nitrogens with one attached hydrogen (secondary N) is 1. The summed E-state index contributed by atoms with van der Waals surface area (Å²) in [5.41, 5.74) is 4.73. The number of aromatic amines is 1. The Kier molecular flexibility index (Phi) is 7.31. The molecule has 186 valence electrons. The van der Waals surface area contributed by atoms with E-state index in [9.17, 15) is 15.0 Å². The van der Waals surface area contributed by atoms with Crippen LogP contribution in [-0.4, -0.2) is 58.1 Å². The van der Waals surface area contributed by atoms with Gasteiger partial charge in [-0.05, 0) is 55.2 Å². The van der Waals surface area contributed by atoms with Crippen LogP contribution < -0.4 is 9.47 Å². The van der Waals surface area contributed by atoms with Crippen molar-refractivity contribution >= 4 is 5.91 Å². The first-order chi connectivity index (χ1) is 16.9. The summed E-state index contributed by atoms with van der Waals surface area (Å²) in [6.07, 6.45) is 3.17. The number of amides is 1. The molecule has 1 amide bonds. The first-order valence-electron chi connectivity index (χ1n) is 12.0. The largest absolute Gasteiger partial charge is 0.507 e. The third-order valence-corrected chi connectivity index (χ3v) is 6.41. The van der Waals surface area contributed by atoms with Gasteiger partial charge in [-0.2, -0.15) is 5.10 Å². The normalized spacial score (nSPS) is 14.9. The highest BCUT2D eigenvalue weighted by Gasteiger charge is 2.42. The number of carbonyl (C=O) groups excluding carboxylic acids is 1. The van der Waals surface area contributed by atoms with E-state index in [-0.39, 0.29) is 24.8 Å². The first kappa shape index (κ1) is 24.6. The van der Waals surface area contributed by atoms with Crippen molar-refractivity contribution in [1.82, 2.24) is 15.1 Å². The number of β-amino-alcohol motifs (C(OH)–C–C–N with tert-alkyl or cyclic N) is 1. The van der Waals surface area contributed by atoms with Crippen molar-refractivity contribution in [3.05, 3.63) is 58.3 Å². The molecule has 0 radical (unpaired) electrons. The smallest absolute Gasteiger partial charge is 0.273 e. The predicted molar refractivity (Wildman–Crippen MR) is 133 cm³/mol. The van der Waals surface area contributed by atoms with E-state index in [4.69, 9.17) is 9.47 Å². The Morgan fingerprint density at radius 2 is 1.94 bits per heavy atom. The number of rotatable bonds is 10. The van der Waals surface area contributed by atoms with Crippen LogP contribution in [0.3, 0.4) is 0 Å². The number of ether oxygens (including phenoxy) is 2. The van der Waals surface area contributed by atoms with Gasteiger partial charge in [0.15, 0.2) is 11.5 Å². The van der Waals surface area contributed by atoms with Gasteiger partial charge in [-0.3, -0.25) is 9.89 Å². The van der Waals surface area contributed by atoms with Gasteiger partial charge in [0, 0.05) is 17.7 Å². The standard InChI is InChI=1S/C27H33N3O5/c1-5-6-7-12-35-20-9-8-18(15-21(20)34-4)26-23-24(22-17(3)13-16(2)14-19(22)32)28-29-25(23)27(33)30(26)10-11-31/h8-9,13-15,26,31-32H,5-7,10-12H2,1-4H3,(H,28,29). The number of aliphatic hydroxyl groups excluding tert-OH is 1. The second kappa shape index (κ2) is 10.4. The fourth-order valence-corrected chi connectivity index (χ4v) is 4.83. The summed E-state index contributed by atoms with van der Waals surface area (Å²) in [5.74, 6) is 1.08. The van der Waals surface area contributed by atoms with Crippen LogP contribution in [0.4, 0.5) is 0 Å². The highest BCUT2D eigenvalue weighted by atomic mass is 16.5. The van der Waals surface area contributed by atoms with Gasteiger partial charge in [0.1, 0.15) is 17.1 Å². The van der Waals surface area contributed by atoms with Gasteiger partial charge >= 0.3 is 0 Å². The number of methoxy groups -OCH3 is 1. The Hall–Kier alpha value is -3.52. The minimum Gasteiger partial charge on any atom is -0.507 e.